The van der Waals surface area contributed by atoms with Crippen molar-refractivity contribution in [3.63, 3.8) is 0 Å². The summed E-state index contributed by atoms with van der Waals surface area (Å²) in [6, 6.07) is 17.8. The molecule has 1 fully saturated rings. The number of nitrogens with one attached hydrogen (secondary N) is 1. The zero-order chi connectivity index (χ0) is 24.6. The van der Waals surface area contributed by atoms with Crippen LogP contribution in [0.25, 0.3) is 0 Å². The van der Waals surface area contributed by atoms with Gasteiger partial charge in [0.05, 0.1) is 28.7 Å². The summed E-state index contributed by atoms with van der Waals surface area (Å²) in [6.45, 7) is 2.79. The lowest BCUT2D eigenvalue weighted by atomic mass is 10.1. The largest absolute Gasteiger partial charge is 0.457 e. The summed E-state index contributed by atoms with van der Waals surface area (Å²) in [4.78, 5) is 26.9. The summed E-state index contributed by atoms with van der Waals surface area (Å²) in [5.74, 6) is 0.178. The summed E-state index contributed by atoms with van der Waals surface area (Å²) in [5.41, 5.74) is 2.00. The van der Waals surface area contributed by atoms with Crippen LogP contribution in [0, 0.1) is 6.92 Å². The first kappa shape index (κ1) is 23.1. The maximum absolute atomic E-state index is 12.8. The van der Waals surface area contributed by atoms with Gasteiger partial charge in [-0.15, -0.1) is 0 Å². The molecule has 3 aromatic rings. The first-order chi connectivity index (χ1) is 16.8. The lowest BCUT2D eigenvalue weighted by molar-refractivity contribution is 0.0475. The number of sulfonamides is 1. The van der Waals surface area contributed by atoms with Gasteiger partial charge in [-0.1, -0.05) is 17.7 Å². The molecule has 9 heteroatoms. The van der Waals surface area contributed by atoms with Crippen LogP contribution in [0.4, 0.5) is 5.69 Å². The third kappa shape index (κ3) is 4.78. The standard InChI is InChI=1S/C26H24N2O6S/c1-17-4-11-22(12-5-17)35(31,32)27-18-6-8-19(9-7-18)34-20-10-13-23-24(15-20)26(30)28(25(23)29)16-21-3-2-14-33-21/h4-13,15,21,27H,2-3,14,16H2,1H3. The van der Waals surface area contributed by atoms with Gasteiger partial charge in [0.1, 0.15) is 11.5 Å². The van der Waals surface area contributed by atoms with Crippen molar-refractivity contribution in [3.05, 3.63) is 83.4 Å². The number of ether oxygens (including phenoxy) is 2. The van der Waals surface area contributed by atoms with Gasteiger partial charge in [0.25, 0.3) is 21.8 Å². The van der Waals surface area contributed by atoms with Crippen LogP contribution in [0.2, 0.25) is 0 Å². The molecule has 1 saturated heterocycles. The number of carbonyl (C=O) groups is 2. The molecule has 2 aliphatic rings. The van der Waals surface area contributed by atoms with Gasteiger partial charge in [0.2, 0.25) is 0 Å². The monoisotopic (exact) mass is 492 g/mol. The molecule has 0 spiro atoms. The Morgan fingerprint density at radius 1 is 0.943 bits per heavy atom. The van der Waals surface area contributed by atoms with Crippen LogP contribution in [0.1, 0.15) is 39.1 Å². The molecule has 0 aliphatic carbocycles. The SMILES string of the molecule is Cc1ccc(S(=O)(=O)Nc2ccc(Oc3ccc4c(c3)C(=O)N(CC3CCCO3)C4=O)cc2)cc1. The number of benzene rings is 3. The smallest absolute Gasteiger partial charge is 0.261 e. The number of anilines is 1. The minimum absolute atomic E-state index is 0.116. The Kier molecular flexibility index (Phi) is 6.04. The van der Waals surface area contributed by atoms with Gasteiger partial charge in [-0.05, 0) is 74.4 Å². The van der Waals surface area contributed by atoms with Crippen molar-refractivity contribution < 1.29 is 27.5 Å². The highest BCUT2D eigenvalue weighted by atomic mass is 32.2. The predicted octanol–water partition coefficient (Wildman–Crippen LogP) is 4.36. The fourth-order valence-corrected chi connectivity index (χ4v) is 5.21. The highest BCUT2D eigenvalue weighted by molar-refractivity contribution is 7.92. The normalized spacial score (nSPS) is 17.5. The molecular formula is C26H24N2O6S. The van der Waals surface area contributed by atoms with E-state index in [0.717, 1.165) is 18.4 Å². The van der Waals surface area contributed by atoms with Crippen LogP contribution in [0.15, 0.2) is 71.6 Å². The van der Waals surface area contributed by atoms with E-state index in [4.69, 9.17) is 9.47 Å². The summed E-state index contributed by atoms with van der Waals surface area (Å²) < 4.78 is 39.1. The van der Waals surface area contributed by atoms with Gasteiger partial charge in [0, 0.05) is 12.3 Å². The van der Waals surface area contributed by atoms with Gasteiger partial charge in [0.15, 0.2) is 0 Å². The fraction of sp³-hybridized carbons (Fsp3) is 0.231. The van der Waals surface area contributed by atoms with Gasteiger partial charge < -0.3 is 9.47 Å². The van der Waals surface area contributed by atoms with Crippen LogP contribution in [0.5, 0.6) is 11.5 Å². The van der Waals surface area contributed by atoms with Crippen LogP contribution in [-0.4, -0.2) is 44.4 Å². The number of carbonyl (C=O) groups excluding carboxylic acids is 2. The Hall–Kier alpha value is -3.69. The van der Waals surface area contributed by atoms with E-state index >= 15 is 0 Å². The molecule has 5 rings (SSSR count). The molecule has 0 bridgehead atoms. The number of rotatable bonds is 7. The molecule has 1 atom stereocenters. The Morgan fingerprint density at radius 3 is 2.31 bits per heavy atom. The number of hydrogen-bond acceptors (Lipinski definition) is 6. The number of fused-ring (bicyclic) bond motifs is 1. The fourth-order valence-electron chi connectivity index (χ4n) is 4.15. The summed E-state index contributed by atoms with van der Waals surface area (Å²) in [7, 11) is -3.71. The van der Waals surface area contributed by atoms with Crippen molar-refractivity contribution in [1.82, 2.24) is 4.90 Å². The summed E-state index contributed by atoms with van der Waals surface area (Å²) in [5, 5.41) is 0. The van der Waals surface area contributed by atoms with Crippen molar-refractivity contribution >= 4 is 27.5 Å². The van der Waals surface area contributed by atoms with Crippen LogP contribution >= 0.6 is 0 Å². The number of imide groups is 1. The molecule has 0 aromatic heterocycles. The van der Waals surface area contributed by atoms with Gasteiger partial charge in [-0.3, -0.25) is 19.2 Å². The average Bonchev–Trinajstić information content (AvgIpc) is 3.43. The van der Waals surface area contributed by atoms with E-state index in [2.05, 4.69) is 4.72 Å². The van der Waals surface area contributed by atoms with Crippen molar-refractivity contribution in [2.24, 2.45) is 0 Å². The van der Waals surface area contributed by atoms with Crippen molar-refractivity contribution in [2.75, 3.05) is 17.9 Å². The number of nitrogens with zero attached hydrogens (tertiary/aromatic N) is 1. The molecular weight excluding hydrogens is 468 g/mol. The van der Waals surface area contributed by atoms with Crippen LogP contribution in [0.3, 0.4) is 0 Å². The first-order valence-electron chi connectivity index (χ1n) is 11.3. The summed E-state index contributed by atoms with van der Waals surface area (Å²) in [6.07, 6.45) is 1.65. The molecule has 2 aliphatic heterocycles. The van der Waals surface area contributed by atoms with E-state index < -0.39 is 10.0 Å². The van der Waals surface area contributed by atoms with Crippen LogP contribution < -0.4 is 9.46 Å². The molecule has 2 heterocycles. The molecule has 2 amide bonds. The molecule has 1 unspecified atom stereocenters. The molecule has 3 aromatic carbocycles. The third-order valence-electron chi connectivity index (χ3n) is 6.03. The maximum Gasteiger partial charge on any atom is 0.261 e. The van der Waals surface area contributed by atoms with Gasteiger partial charge in [-0.25, -0.2) is 8.42 Å². The van der Waals surface area contributed by atoms with E-state index in [1.165, 1.54) is 4.90 Å². The average molecular weight is 493 g/mol. The molecule has 180 valence electrons. The van der Waals surface area contributed by atoms with E-state index in [1.807, 2.05) is 6.92 Å². The molecule has 1 N–H and O–H groups in total. The molecule has 35 heavy (non-hydrogen) atoms. The zero-order valence-electron chi connectivity index (χ0n) is 19.1. The Balaban J connectivity index is 1.27. The molecule has 0 radical (unpaired) electrons. The van der Waals surface area contributed by atoms with Crippen molar-refractivity contribution in [2.45, 2.75) is 30.8 Å². The van der Waals surface area contributed by atoms with Crippen molar-refractivity contribution in [3.8, 4) is 11.5 Å². The molecule has 8 nitrogen and oxygen atoms in total. The Labute approximate surface area is 203 Å². The van der Waals surface area contributed by atoms with E-state index in [1.54, 1.807) is 66.7 Å². The highest BCUT2D eigenvalue weighted by Gasteiger charge is 2.37. The van der Waals surface area contributed by atoms with Gasteiger partial charge >= 0.3 is 0 Å². The van der Waals surface area contributed by atoms with Crippen molar-refractivity contribution in [1.29, 1.82) is 0 Å². The van der Waals surface area contributed by atoms with E-state index in [9.17, 15) is 18.0 Å². The minimum atomic E-state index is -3.71. The second-order valence-corrected chi connectivity index (χ2v) is 10.3. The number of amides is 2. The second kappa shape index (κ2) is 9.16. The first-order valence-corrected chi connectivity index (χ1v) is 12.8. The van der Waals surface area contributed by atoms with E-state index in [-0.39, 0.29) is 29.4 Å². The number of hydrogen-bond donors (Lipinski definition) is 1. The van der Waals surface area contributed by atoms with Gasteiger partial charge in [-0.2, -0.15) is 0 Å². The zero-order valence-corrected chi connectivity index (χ0v) is 19.9. The quantitative estimate of drug-likeness (QED) is 0.492. The Morgan fingerprint density at radius 2 is 1.63 bits per heavy atom. The maximum atomic E-state index is 12.8. The Bertz CT molecular complexity index is 1380. The highest BCUT2D eigenvalue weighted by Crippen LogP contribution is 2.31. The second-order valence-electron chi connectivity index (χ2n) is 8.61. The molecule has 0 saturated carbocycles. The minimum Gasteiger partial charge on any atom is -0.457 e. The summed E-state index contributed by atoms with van der Waals surface area (Å²) >= 11 is 0. The van der Waals surface area contributed by atoms with E-state index in [0.29, 0.717) is 34.9 Å². The third-order valence-corrected chi connectivity index (χ3v) is 7.42. The lowest BCUT2D eigenvalue weighted by Crippen LogP contribution is -2.36. The van der Waals surface area contributed by atoms with Crippen LogP contribution in [-0.2, 0) is 14.8 Å². The topological polar surface area (TPSA) is 102 Å². The number of aryl methyl sites for hydroxylation is 1. The predicted molar refractivity (Wildman–Crippen MR) is 129 cm³/mol. The lowest BCUT2D eigenvalue weighted by Gasteiger charge is -2.17.